The van der Waals surface area contributed by atoms with Crippen LogP contribution in [0, 0.1) is 0 Å². The van der Waals surface area contributed by atoms with Gasteiger partial charge < -0.3 is 10.6 Å². The maximum Gasteiger partial charge on any atom is 0.232 e. The first-order valence-corrected chi connectivity index (χ1v) is 7.29. The van der Waals surface area contributed by atoms with Crippen molar-refractivity contribution in [3.8, 4) is 0 Å². The van der Waals surface area contributed by atoms with E-state index in [2.05, 4.69) is 22.8 Å². The number of amides is 1. The molecular formula is C14H23ClN2OS. The number of carbonyl (C=O) groups is 1. The third kappa shape index (κ3) is 7.45. The van der Waals surface area contributed by atoms with Crippen LogP contribution in [0.25, 0.3) is 0 Å². The number of hydrogen-bond acceptors (Lipinski definition) is 3. The summed E-state index contributed by atoms with van der Waals surface area (Å²) in [7, 11) is 1.89. The number of hydrogen-bond donors (Lipinski definition) is 2. The molecule has 0 heterocycles. The van der Waals surface area contributed by atoms with Crippen molar-refractivity contribution in [1.82, 2.24) is 10.6 Å². The molecule has 0 aliphatic rings. The van der Waals surface area contributed by atoms with E-state index in [4.69, 9.17) is 0 Å². The molecule has 0 aliphatic heterocycles. The van der Waals surface area contributed by atoms with E-state index >= 15 is 0 Å². The van der Waals surface area contributed by atoms with Crippen LogP contribution in [0.5, 0.6) is 0 Å². The zero-order valence-corrected chi connectivity index (χ0v) is 13.3. The van der Waals surface area contributed by atoms with Gasteiger partial charge in [0.05, 0.1) is 5.25 Å². The van der Waals surface area contributed by atoms with Crippen LogP contribution in [0.3, 0.4) is 0 Å². The molecule has 2 unspecified atom stereocenters. The Balaban J connectivity index is 0.00000324. The average molecular weight is 303 g/mol. The molecule has 0 bridgehead atoms. The Morgan fingerprint density at radius 3 is 2.47 bits per heavy atom. The standard InChI is InChI=1S/C14H22N2OS.ClH/c1-11(15-3)9-16-14(17)12(2)18-10-13-7-5-4-6-8-13;/h4-8,11-12,15H,9-10H2,1-3H3,(H,16,17);1H. The first-order valence-electron chi connectivity index (χ1n) is 6.24. The number of thioether (sulfide) groups is 1. The van der Waals surface area contributed by atoms with Gasteiger partial charge in [-0.2, -0.15) is 0 Å². The van der Waals surface area contributed by atoms with Gasteiger partial charge in [0.15, 0.2) is 0 Å². The zero-order valence-electron chi connectivity index (χ0n) is 11.7. The summed E-state index contributed by atoms with van der Waals surface area (Å²) in [6.45, 7) is 4.67. The molecular weight excluding hydrogens is 280 g/mol. The monoisotopic (exact) mass is 302 g/mol. The highest BCUT2D eigenvalue weighted by Crippen LogP contribution is 2.17. The fourth-order valence-corrected chi connectivity index (χ4v) is 2.24. The van der Waals surface area contributed by atoms with Crippen molar-refractivity contribution < 1.29 is 4.79 Å². The summed E-state index contributed by atoms with van der Waals surface area (Å²) in [5, 5.41) is 6.02. The van der Waals surface area contributed by atoms with Gasteiger partial charge in [0, 0.05) is 18.3 Å². The lowest BCUT2D eigenvalue weighted by Crippen LogP contribution is -2.40. The molecule has 0 aliphatic carbocycles. The summed E-state index contributed by atoms with van der Waals surface area (Å²) in [5.74, 6) is 0.981. The maximum absolute atomic E-state index is 11.8. The van der Waals surface area contributed by atoms with E-state index in [9.17, 15) is 4.79 Å². The molecule has 1 rings (SSSR count). The summed E-state index contributed by atoms with van der Waals surface area (Å²) in [4.78, 5) is 11.8. The summed E-state index contributed by atoms with van der Waals surface area (Å²) >= 11 is 1.66. The van der Waals surface area contributed by atoms with Gasteiger partial charge in [0.25, 0.3) is 0 Å². The normalized spacial score (nSPS) is 13.2. The number of rotatable bonds is 7. The van der Waals surface area contributed by atoms with Gasteiger partial charge in [-0.15, -0.1) is 24.2 Å². The van der Waals surface area contributed by atoms with E-state index in [1.807, 2.05) is 39.1 Å². The van der Waals surface area contributed by atoms with Gasteiger partial charge in [0.1, 0.15) is 0 Å². The largest absolute Gasteiger partial charge is 0.354 e. The molecule has 0 radical (unpaired) electrons. The van der Waals surface area contributed by atoms with Gasteiger partial charge in [0.2, 0.25) is 5.91 Å². The Morgan fingerprint density at radius 2 is 1.89 bits per heavy atom. The second-order valence-corrected chi connectivity index (χ2v) is 5.70. The van der Waals surface area contributed by atoms with Crippen LogP contribution >= 0.6 is 24.2 Å². The third-order valence-electron chi connectivity index (χ3n) is 2.79. The zero-order chi connectivity index (χ0) is 13.4. The molecule has 2 N–H and O–H groups in total. The predicted molar refractivity (Wildman–Crippen MR) is 86.0 cm³/mol. The summed E-state index contributed by atoms with van der Waals surface area (Å²) in [6.07, 6.45) is 0. The SMILES string of the molecule is CNC(C)CNC(=O)C(C)SCc1ccccc1.Cl. The van der Waals surface area contributed by atoms with Crippen molar-refractivity contribution in [2.45, 2.75) is 30.9 Å². The topological polar surface area (TPSA) is 41.1 Å². The maximum atomic E-state index is 11.8. The second-order valence-electron chi connectivity index (χ2n) is 4.37. The number of benzene rings is 1. The van der Waals surface area contributed by atoms with Crippen LogP contribution in [0.1, 0.15) is 19.4 Å². The molecule has 2 atom stereocenters. The van der Waals surface area contributed by atoms with Crippen molar-refractivity contribution in [2.24, 2.45) is 0 Å². The molecule has 1 amide bonds. The number of nitrogens with one attached hydrogen (secondary N) is 2. The van der Waals surface area contributed by atoms with E-state index in [1.54, 1.807) is 11.8 Å². The second kappa shape index (κ2) is 10.1. The molecule has 3 nitrogen and oxygen atoms in total. The van der Waals surface area contributed by atoms with Gasteiger partial charge >= 0.3 is 0 Å². The fourth-order valence-electron chi connectivity index (χ4n) is 1.37. The molecule has 0 spiro atoms. The average Bonchev–Trinajstić information content (AvgIpc) is 2.42. The molecule has 0 saturated carbocycles. The van der Waals surface area contributed by atoms with Gasteiger partial charge in [-0.05, 0) is 26.5 Å². The van der Waals surface area contributed by atoms with Gasteiger partial charge in [-0.1, -0.05) is 30.3 Å². The van der Waals surface area contributed by atoms with Crippen molar-refractivity contribution in [3.05, 3.63) is 35.9 Å². The highest BCUT2D eigenvalue weighted by Gasteiger charge is 2.13. The van der Waals surface area contributed by atoms with Crippen molar-refractivity contribution in [3.63, 3.8) is 0 Å². The molecule has 5 heteroatoms. The Kier molecular flexibility index (Phi) is 9.74. The van der Waals surface area contributed by atoms with E-state index in [1.165, 1.54) is 5.56 Å². The Labute approximate surface area is 126 Å². The van der Waals surface area contributed by atoms with Crippen molar-refractivity contribution in [2.75, 3.05) is 13.6 Å². The fraction of sp³-hybridized carbons (Fsp3) is 0.500. The molecule has 108 valence electrons. The van der Waals surface area contributed by atoms with Crippen LogP contribution < -0.4 is 10.6 Å². The highest BCUT2D eigenvalue weighted by molar-refractivity contribution is 7.99. The summed E-state index contributed by atoms with van der Waals surface area (Å²) in [6, 6.07) is 10.5. The highest BCUT2D eigenvalue weighted by atomic mass is 35.5. The number of likely N-dealkylation sites (N-methyl/N-ethyl adjacent to an activating group) is 1. The van der Waals surface area contributed by atoms with Gasteiger partial charge in [-0.25, -0.2) is 0 Å². The Morgan fingerprint density at radius 1 is 1.26 bits per heavy atom. The van der Waals surface area contributed by atoms with Crippen molar-refractivity contribution in [1.29, 1.82) is 0 Å². The molecule has 19 heavy (non-hydrogen) atoms. The molecule has 0 aromatic heterocycles. The minimum atomic E-state index is -0.0192. The van der Waals surface area contributed by atoms with E-state index in [0.29, 0.717) is 12.6 Å². The van der Waals surface area contributed by atoms with Crippen molar-refractivity contribution >= 4 is 30.1 Å². The van der Waals surface area contributed by atoms with Crippen LogP contribution in [0.2, 0.25) is 0 Å². The first-order chi connectivity index (χ1) is 8.63. The first kappa shape index (κ1) is 18.3. The van der Waals surface area contributed by atoms with Crippen LogP contribution in [-0.4, -0.2) is 30.8 Å². The van der Waals surface area contributed by atoms with E-state index in [0.717, 1.165) is 5.75 Å². The van der Waals surface area contributed by atoms with E-state index in [-0.39, 0.29) is 23.6 Å². The quantitative estimate of drug-likeness (QED) is 0.813. The minimum absolute atomic E-state index is 0. The lowest BCUT2D eigenvalue weighted by atomic mass is 10.2. The molecule has 0 saturated heterocycles. The molecule has 1 aromatic carbocycles. The summed E-state index contributed by atoms with van der Waals surface area (Å²) in [5.41, 5.74) is 1.26. The Bertz CT molecular complexity index is 362. The van der Waals surface area contributed by atoms with Crippen LogP contribution in [0.15, 0.2) is 30.3 Å². The third-order valence-corrected chi connectivity index (χ3v) is 4.00. The number of halogens is 1. The van der Waals surface area contributed by atoms with Crippen LogP contribution in [-0.2, 0) is 10.5 Å². The lowest BCUT2D eigenvalue weighted by molar-refractivity contribution is -0.120. The lowest BCUT2D eigenvalue weighted by Gasteiger charge is -2.15. The number of carbonyl (C=O) groups excluding carboxylic acids is 1. The summed E-state index contributed by atoms with van der Waals surface area (Å²) < 4.78 is 0. The van der Waals surface area contributed by atoms with Gasteiger partial charge in [-0.3, -0.25) is 4.79 Å². The van der Waals surface area contributed by atoms with E-state index < -0.39 is 0 Å². The predicted octanol–water partition coefficient (Wildman–Crippen LogP) is 2.45. The molecule has 0 fully saturated rings. The Hall–Kier alpha value is -0.710. The minimum Gasteiger partial charge on any atom is -0.354 e. The van der Waals surface area contributed by atoms with Crippen LogP contribution in [0.4, 0.5) is 0 Å². The molecule has 1 aromatic rings. The smallest absolute Gasteiger partial charge is 0.232 e.